The maximum Gasteiger partial charge on any atom is 0.432 e. The minimum atomic E-state index is -4.84. The number of nitrogens with one attached hydrogen (secondary N) is 3. The number of aromatic amines is 1. The minimum Gasteiger partial charge on any atom is -0.497 e. The number of anilines is 1. The van der Waals surface area contributed by atoms with Crippen molar-refractivity contribution in [1.82, 2.24) is 49.6 Å². The molecule has 5 aromatic heterocycles. The third-order valence-electron chi connectivity index (χ3n) is 12.6. The van der Waals surface area contributed by atoms with Gasteiger partial charge in [0.15, 0.2) is 11.5 Å². The number of ether oxygens (including phenoxy) is 1. The second-order valence-corrected chi connectivity index (χ2v) is 19.7. The van der Waals surface area contributed by atoms with Crippen molar-refractivity contribution in [3.05, 3.63) is 139 Å². The number of sulfonamides is 1. The minimum absolute atomic E-state index is 0.0278. The van der Waals surface area contributed by atoms with Crippen LogP contribution in [0.5, 0.6) is 5.75 Å². The van der Waals surface area contributed by atoms with Crippen LogP contribution in [-0.2, 0) is 53.4 Å². The van der Waals surface area contributed by atoms with Gasteiger partial charge in [0.2, 0.25) is 15.9 Å². The molecule has 3 atom stereocenters. The SMILES string of the molecule is COc1ccc(CCS(=O)(=O)Nc2nn(C)c3c(-n4c([C@H](Cc5cc(F)cc(F)c5)NC(=O)Cn5nc(C(F)F)c6c5C(F)(F)[C@@H]5C[C@H]65)nc5nc(-c6cc(C(F)(F)F)[nH]n6)ccc5c4=O)ccc(Cl)c23)cc1. The molecule has 1 saturated carbocycles. The standard InChI is InChI=1S/C46H35ClF9N11O5S/c1-65-38-32(10-8-28(47)36(38)42(63-65)64-73(70,71)12-11-20-3-5-24(72-2)6-4-20)67-43(59-41-25(44(67)69)7-9-29(58-41)30-18-33(61-60-30)46(54,55)56)31(15-21-13-22(48)16-23(49)14-21)57-34(68)19-66-39-35(37(62-66)40(50)51)26-17-27(26)45(39,52)53/h3-10,13-14,16,18,26-27,31,40H,11-12,15,17,19H2,1-2H3,(H,57,68)(H,60,61)(H,63,64)/t26-,27+,31-/m0/s1. The summed E-state index contributed by atoms with van der Waals surface area (Å²) in [6.45, 7) is -1.10. The maximum atomic E-state index is 15.6. The molecule has 5 heterocycles. The van der Waals surface area contributed by atoms with E-state index < -0.39 is 117 Å². The highest BCUT2D eigenvalue weighted by Gasteiger charge is 2.67. The lowest BCUT2D eigenvalue weighted by atomic mass is 10.0. The van der Waals surface area contributed by atoms with E-state index in [1.165, 1.54) is 43.1 Å². The first-order chi connectivity index (χ1) is 34.5. The topological polar surface area (TPSA) is 197 Å². The van der Waals surface area contributed by atoms with Crippen molar-refractivity contribution in [2.75, 3.05) is 17.6 Å². The average molecular weight is 1060 g/mol. The molecule has 380 valence electrons. The van der Waals surface area contributed by atoms with Crippen molar-refractivity contribution >= 4 is 55.3 Å². The molecule has 10 rings (SSSR count). The fraction of sp³-hybridized carbons (Fsp3) is 0.283. The van der Waals surface area contributed by atoms with E-state index in [1.54, 1.807) is 24.3 Å². The number of hydrogen-bond acceptors (Lipinski definition) is 10. The molecule has 0 bridgehead atoms. The predicted molar refractivity (Wildman–Crippen MR) is 244 cm³/mol. The van der Waals surface area contributed by atoms with E-state index in [1.807, 2.05) is 5.10 Å². The molecule has 0 unspecified atom stereocenters. The van der Waals surface area contributed by atoms with Crippen LogP contribution in [-0.4, -0.2) is 71.5 Å². The van der Waals surface area contributed by atoms with Crippen molar-refractivity contribution in [3.63, 3.8) is 0 Å². The second kappa shape index (κ2) is 17.9. The van der Waals surface area contributed by atoms with Gasteiger partial charge in [-0.05, 0) is 84.5 Å². The lowest BCUT2D eigenvalue weighted by Crippen LogP contribution is -2.38. The fourth-order valence-electron chi connectivity index (χ4n) is 9.27. The van der Waals surface area contributed by atoms with Crippen molar-refractivity contribution < 1.29 is 57.5 Å². The van der Waals surface area contributed by atoms with Gasteiger partial charge in [0.1, 0.15) is 52.5 Å². The maximum absolute atomic E-state index is 15.6. The molecule has 2 aliphatic carbocycles. The molecular weight excluding hydrogens is 1030 g/mol. The Morgan fingerprint density at radius 3 is 2.37 bits per heavy atom. The van der Waals surface area contributed by atoms with Gasteiger partial charge in [-0.1, -0.05) is 23.7 Å². The van der Waals surface area contributed by atoms with Gasteiger partial charge in [-0.15, -0.1) is 0 Å². The number of aryl methyl sites for hydroxylation is 2. The molecule has 2 aliphatic rings. The largest absolute Gasteiger partial charge is 0.497 e. The number of carbonyl (C=O) groups excluding carboxylic acids is 1. The van der Waals surface area contributed by atoms with Crippen LogP contribution >= 0.6 is 11.6 Å². The van der Waals surface area contributed by atoms with Gasteiger partial charge in [0, 0.05) is 31.0 Å². The zero-order valence-electron chi connectivity index (χ0n) is 37.6. The Labute approximate surface area is 410 Å². The first kappa shape index (κ1) is 49.1. The number of H-pyrrole nitrogens is 1. The molecule has 0 spiro atoms. The summed E-state index contributed by atoms with van der Waals surface area (Å²) in [7, 11) is -1.33. The molecule has 3 N–H and O–H groups in total. The van der Waals surface area contributed by atoms with Crippen molar-refractivity contribution in [2.24, 2.45) is 13.0 Å². The van der Waals surface area contributed by atoms with Crippen molar-refractivity contribution in [3.8, 4) is 22.8 Å². The van der Waals surface area contributed by atoms with Crippen LogP contribution in [0.1, 0.15) is 64.4 Å². The van der Waals surface area contributed by atoms with E-state index in [9.17, 15) is 43.9 Å². The first-order valence-electron chi connectivity index (χ1n) is 21.9. The molecule has 0 saturated heterocycles. The highest BCUT2D eigenvalue weighted by molar-refractivity contribution is 7.92. The summed E-state index contributed by atoms with van der Waals surface area (Å²) >= 11 is 6.76. The number of fused-ring (bicyclic) bond motifs is 5. The monoisotopic (exact) mass is 1060 g/mol. The van der Waals surface area contributed by atoms with Crippen LogP contribution in [0, 0.1) is 17.6 Å². The smallest absolute Gasteiger partial charge is 0.432 e. The summed E-state index contributed by atoms with van der Waals surface area (Å²) in [4.78, 5) is 38.4. The van der Waals surface area contributed by atoms with E-state index in [0.717, 1.165) is 16.7 Å². The van der Waals surface area contributed by atoms with Crippen LogP contribution in [0.15, 0.2) is 77.6 Å². The lowest BCUT2D eigenvalue weighted by molar-refractivity contribution is -0.141. The summed E-state index contributed by atoms with van der Waals surface area (Å²) in [6.07, 6.45) is -8.76. The number of carbonyl (C=O) groups is 1. The van der Waals surface area contributed by atoms with E-state index >= 15 is 13.6 Å². The molecule has 8 aromatic rings. The first-order valence-corrected chi connectivity index (χ1v) is 23.9. The Morgan fingerprint density at radius 2 is 1.70 bits per heavy atom. The lowest BCUT2D eigenvalue weighted by Gasteiger charge is -2.24. The number of nitrogens with zero attached hydrogens (tertiary/aromatic N) is 8. The van der Waals surface area contributed by atoms with Gasteiger partial charge in [-0.25, -0.2) is 35.9 Å². The third kappa shape index (κ3) is 9.09. The summed E-state index contributed by atoms with van der Waals surface area (Å²) in [5.74, 6) is -9.82. The van der Waals surface area contributed by atoms with Crippen molar-refractivity contribution in [1.29, 1.82) is 0 Å². The Bertz CT molecular complexity index is 3690. The van der Waals surface area contributed by atoms with Crippen molar-refractivity contribution in [2.45, 2.75) is 56.3 Å². The number of alkyl halides is 7. The Morgan fingerprint density at radius 1 is 0.973 bits per heavy atom. The zero-order chi connectivity index (χ0) is 52.1. The number of pyridine rings is 1. The number of benzene rings is 3. The van der Waals surface area contributed by atoms with Crippen LogP contribution in [0.4, 0.5) is 45.3 Å². The molecule has 1 amide bonds. The van der Waals surface area contributed by atoms with Gasteiger partial charge in [-0.3, -0.25) is 33.3 Å². The van der Waals surface area contributed by atoms with E-state index in [-0.39, 0.29) is 68.2 Å². The number of aromatic nitrogens is 9. The average Bonchev–Trinajstić information content (AvgIpc) is 3.54. The Hall–Kier alpha value is -7.48. The fourth-order valence-corrected chi connectivity index (χ4v) is 10.6. The van der Waals surface area contributed by atoms with Gasteiger partial charge in [0.25, 0.3) is 17.9 Å². The molecule has 27 heteroatoms. The van der Waals surface area contributed by atoms with Gasteiger partial charge >= 0.3 is 6.18 Å². The summed E-state index contributed by atoms with van der Waals surface area (Å²) in [5, 5.41) is 15.8. The third-order valence-corrected chi connectivity index (χ3v) is 14.2. The van der Waals surface area contributed by atoms with Crippen LogP contribution in [0.2, 0.25) is 5.02 Å². The molecule has 16 nitrogen and oxygen atoms in total. The highest BCUT2D eigenvalue weighted by atomic mass is 35.5. The Kier molecular flexibility index (Phi) is 12.1. The Balaban J connectivity index is 1.13. The molecule has 0 aliphatic heterocycles. The summed E-state index contributed by atoms with van der Waals surface area (Å²) < 4.78 is 168. The van der Waals surface area contributed by atoms with E-state index in [2.05, 4.69) is 35.3 Å². The van der Waals surface area contributed by atoms with Gasteiger partial charge in [-0.2, -0.15) is 37.2 Å². The number of amides is 1. The highest BCUT2D eigenvalue weighted by Crippen LogP contribution is 2.68. The van der Waals surface area contributed by atoms with E-state index in [0.29, 0.717) is 28.1 Å². The van der Waals surface area contributed by atoms with Crippen LogP contribution in [0.3, 0.4) is 0 Å². The molecule has 1 fully saturated rings. The molecular formula is C46H35ClF9N11O5S. The van der Waals surface area contributed by atoms with E-state index in [4.69, 9.17) is 16.3 Å². The second-order valence-electron chi connectivity index (χ2n) is 17.4. The molecule has 0 radical (unpaired) electrons. The van der Waals surface area contributed by atoms with Crippen LogP contribution < -0.4 is 20.3 Å². The number of methoxy groups -OCH3 is 1. The molecule has 3 aromatic carbocycles. The van der Waals surface area contributed by atoms with Gasteiger partial charge in [0.05, 0.1) is 51.6 Å². The number of rotatable bonds is 15. The van der Waals surface area contributed by atoms with Gasteiger partial charge < -0.3 is 10.1 Å². The quantitative estimate of drug-likeness (QED) is 0.0839. The molecule has 73 heavy (non-hydrogen) atoms. The zero-order valence-corrected chi connectivity index (χ0v) is 39.2. The predicted octanol–water partition coefficient (Wildman–Crippen LogP) is 8.44. The summed E-state index contributed by atoms with van der Waals surface area (Å²) in [6, 6.07) is 12.9. The number of halogens is 10. The summed E-state index contributed by atoms with van der Waals surface area (Å²) in [5.41, 5.74) is -5.08. The van der Waals surface area contributed by atoms with Crippen LogP contribution in [0.25, 0.3) is 39.0 Å². The number of hydrogen-bond donors (Lipinski definition) is 3. The normalized spacial score (nSPS) is 16.5.